The number of halogens is 2. The van der Waals surface area contributed by atoms with Crippen LogP contribution in [0.5, 0.6) is 11.5 Å². The molecule has 1 N–H and O–H groups in total. The molecule has 34 heavy (non-hydrogen) atoms. The predicted molar refractivity (Wildman–Crippen MR) is 137 cm³/mol. The third-order valence-corrected chi connectivity index (χ3v) is 5.60. The van der Waals surface area contributed by atoms with Crippen LogP contribution in [0.15, 0.2) is 60.2 Å². The number of aryl methyl sites for hydroxylation is 2. The van der Waals surface area contributed by atoms with Crippen molar-refractivity contribution in [3.8, 4) is 17.6 Å². The van der Waals surface area contributed by atoms with Crippen LogP contribution >= 0.6 is 23.2 Å². The fraction of sp³-hybridized carbons (Fsp3) is 0.185. The number of anilines is 1. The van der Waals surface area contributed by atoms with Crippen LogP contribution in [0.1, 0.15) is 29.2 Å². The Hall–Kier alpha value is -3.46. The van der Waals surface area contributed by atoms with Crippen molar-refractivity contribution in [2.24, 2.45) is 0 Å². The molecule has 0 unspecified atom stereocenters. The van der Waals surface area contributed by atoms with E-state index in [0.717, 1.165) is 5.56 Å². The highest BCUT2D eigenvalue weighted by atomic mass is 35.5. The van der Waals surface area contributed by atoms with Gasteiger partial charge in [-0.2, -0.15) is 5.26 Å². The summed E-state index contributed by atoms with van der Waals surface area (Å²) in [6.45, 7) is 6.68. The molecule has 0 aliphatic rings. The second-order valence-corrected chi connectivity index (χ2v) is 8.44. The van der Waals surface area contributed by atoms with Crippen LogP contribution in [-0.2, 0) is 11.4 Å². The minimum Gasteiger partial charge on any atom is -0.490 e. The second-order valence-electron chi connectivity index (χ2n) is 7.60. The zero-order chi connectivity index (χ0) is 24.7. The molecule has 0 aliphatic heterocycles. The van der Waals surface area contributed by atoms with E-state index in [9.17, 15) is 10.1 Å². The van der Waals surface area contributed by atoms with E-state index in [4.69, 9.17) is 32.7 Å². The Labute approximate surface area is 209 Å². The topological polar surface area (TPSA) is 71.3 Å². The van der Waals surface area contributed by atoms with E-state index in [-0.39, 0.29) is 5.57 Å². The summed E-state index contributed by atoms with van der Waals surface area (Å²) in [5.74, 6) is 0.289. The van der Waals surface area contributed by atoms with Gasteiger partial charge in [-0.25, -0.2) is 0 Å². The zero-order valence-corrected chi connectivity index (χ0v) is 20.6. The van der Waals surface area contributed by atoms with Crippen molar-refractivity contribution in [3.63, 3.8) is 0 Å². The van der Waals surface area contributed by atoms with Gasteiger partial charge in [-0.05, 0) is 85.5 Å². The van der Waals surface area contributed by atoms with Gasteiger partial charge in [0.1, 0.15) is 18.2 Å². The Kier molecular flexibility index (Phi) is 8.59. The van der Waals surface area contributed by atoms with Gasteiger partial charge in [-0.1, -0.05) is 41.4 Å². The lowest BCUT2D eigenvalue weighted by Crippen LogP contribution is -2.13. The summed E-state index contributed by atoms with van der Waals surface area (Å²) in [5, 5.41) is 13.1. The normalized spacial score (nSPS) is 11.0. The van der Waals surface area contributed by atoms with Gasteiger partial charge in [0, 0.05) is 10.7 Å². The molecule has 0 aliphatic carbocycles. The first-order valence-electron chi connectivity index (χ1n) is 10.6. The highest BCUT2D eigenvalue weighted by molar-refractivity contribution is 6.32. The van der Waals surface area contributed by atoms with Crippen molar-refractivity contribution >= 4 is 40.9 Å². The third kappa shape index (κ3) is 6.54. The number of carbonyl (C=O) groups is 1. The molecule has 1 amide bonds. The molecule has 3 aromatic rings. The fourth-order valence-corrected chi connectivity index (χ4v) is 3.57. The largest absolute Gasteiger partial charge is 0.490 e. The molecule has 174 valence electrons. The molecule has 0 fully saturated rings. The monoisotopic (exact) mass is 494 g/mol. The van der Waals surface area contributed by atoms with Gasteiger partial charge in [0.15, 0.2) is 11.5 Å². The lowest BCUT2D eigenvalue weighted by Gasteiger charge is -2.15. The smallest absolute Gasteiger partial charge is 0.266 e. The highest BCUT2D eigenvalue weighted by Crippen LogP contribution is 2.38. The highest BCUT2D eigenvalue weighted by Gasteiger charge is 2.15. The molecule has 5 nitrogen and oxygen atoms in total. The second kappa shape index (κ2) is 11.6. The van der Waals surface area contributed by atoms with Gasteiger partial charge in [-0.15, -0.1) is 0 Å². The number of nitrogens with zero attached hydrogens (tertiary/aromatic N) is 1. The van der Waals surface area contributed by atoms with Gasteiger partial charge < -0.3 is 14.8 Å². The lowest BCUT2D eigenvalue weighted by molar-refractivity contribution is -0.112. The number of carbonyl (C=O) groups excluding carboxylic acids is 1. The van der Waals surface area contributed by atoms with Crippen molar-refractivity contribution in [3.05, 3.63) is 92.5 Å². The van der Waals surface area contributed by atoms with Crippen molar-refractivity contribution in [1.82, 2.24) is 0 Å². The van der Waals surface area contributed by atoms with Crippen LogP contribution in [0.25, 0.3) is 6.08 Å². The van der Waals surface area contributed by atoms with Gasteiger partial charge >= 0.3 is 0 Å². The Bertz CT molecular complexity index is 1260. The minimum absolute atomic E-state index is 0.0859. The molecule has 3 aromatic carbocycles. The maximum atomic E-state index is 12.6. The summed E-state index contributed by atoms with van der Waals surface area (Å²) < 4.78 is 11.7. The molecule has 0 bridgehead atoms. The van der Waals surface area contributed by atoms with Gasteiger partial charge in [0.05, 0.1) is 11.6 Å². The molecule has 0 aromatic heterocycles. The quantitative estimate of drug-likeness (QED) is 0.267. The first-order chi connectivity index (χ1) is 16.3. The van der Waals surface area contributed by atoms with Crippen molar-refractivity contribution in [2.45, 2.75) is 27.4 Å². The van der Waals surface area contributed by atoms with Crippen LogP contribution < -0.4 is 14.8 Å². The Morgan fingerprint density at radius 3 is 2.41 bits per heavy atom. The molecule has 0 saturated heterocycles. The van der Waals surface area contributed by atoms with E-state index in [0.29, 0.717) is 46.0 Å². The number of hydrogen-bond acceptors (Lipinski definition) is 4. The van der Waals surface area contributed by atoms with E-state index in [1.165, 1.54) is 17.2 Å². The van der Waals surface area contributed by atoms with Crippen molar-refractivity contribution in [2.75, 3.05) is 11.9 Å². The number of hydrogen-bond donors (Lipinski definition) is 1. The average molecular weight is 495 g/mol. The number of amides is 1. The van der Waals surface area contributed by atoms with E-state index >= 15 is 0 Å². The molecule has 3 rings (SSSR count). The Balaban J connectivity index is 1.84. The third-order valence-electron chi connectivity index (χ3n) is 5.06. The zero-order valence-electron chi connectivity index (χ0n) is 19.1. The number of rotatable bonds is 8. The maximum absolute atomic E-state index is 12.6. The Morgan fingerprint density at radius 1 is 1.03 bits per heavy atom. The molecule has 0 saturated carbocycles. The van der Waals surface area contributed by atoms with Gasteiger partial charge in [0.2, 0.25) is 0 Å². The molecular formula is C27H24Cl2N2O3. The average Bonchev–Trinajstić information content (AvgIpc) is 2.80. The van der Waals surface area contributed by atoms with Gasteiger partial charge in [0.25, 0.3) is 5.91 Å². The minimum atomic E-state index is -0.547. The first kappa shape index (κ1) is 25.2. The van der Waals surface area contributed by atoms with Crippen LogP contribution in [0.3, 0.4) is 0 Å². The summed E-state index contributed by atoms with van der Waals surface area (Å²) >= 11 is 12.4. The first-order valence-corrected chi connectivity index (χ1v) is 11.4. The molecule has 7 heteroatoms. The van der Waals surface area contributed by atoms with E-state index in [1.54, 1.807) is 36.4 Å². The summed E-state index contributed by atoms with van der Waals surface area (Å²) in [5.41, 5.74) is 4.38. The standard InChI is InChI=1S/C27H24Cl2N2O3/c1-4-33-25-14-20(12-21(15-30)27(32)31-23-9-7-22(28)8-10-23)13-24(29)26(25)34-16-19-6-5-17(2)18(3)11-19/h5-14H,4,16H2,1-3H3,(H,31,32)/b21-12+. The summed E-state index contributed by atoms with van der Waals surface area (Å²) in [7, 11) is 0. The van der Waals surface area contributed by atoms with Crippen LogP contribution in [0, 0.1) is 25.2 Å². The molecule has 0 heterocycles. The molecular weight excluding hydrogens is 471 g/mol. The Morgan fingerprint density at radius 2 is 1.76 bits per heavy atom. The van der Waals surface area contributed by atoms with E-state index < -0.39 is 5.91 Å². The molecule has 0 radical (unpaired) electrons. The van der Waals surface area contributed by atoms with Crippen LogP contribution in [0.2, 0.25) is 10.0 Å². The number of nitriles is 1. The van der Waals surface area contributed by atoms with Gasteiger partial charge in [-0.3, -0.25) is 4.79 Å². The summed E-state index contributed by atoms with van der Waals surface area (Å²) in [4.78, 5) is 12.6. The fourth-order valence-electron chi connectivity index (χ4n) is 3.17. The SMILES string of the molecule is CCOc1cc(/C=C(\C#N)C(=O)Nc2ccc(Cl)cc2)cc(Cl)c1OCc1ccc(C)c(C)c1. The van der Waals surface area contributed by atoms with Crippen molar-refractivity contribution in [1.29, 1.82) is 5.26 Å². The van der Waals surface area contributed by atoms with E-state index in [1.807, 2.05) is 25.1 Å². The molecule has 0 spiro atoms. The summed E-state index contributed by atoms with van der Waals surface area (Å²) in [6, 6.07) is 18.0. The number of ether oxygens (including phenoxy) is 2. The van der Waals surface area contributed by atoms with Crippen molar-refractivity contribution < 1.29 is 14.3 Å². The molecule has 0 atom stereocenters. The van der Waals surface area contributed by atoms with E-state index in [2.05, 4.69) is 25.2 Å². The van der Waals surface area contributed by atoms with Crippen LogP contribution in [0.4, 0.5) is 5.69 Å². The van der Waals surface area contributed by atoms with Crippen LogP contribution in [-0.4, -0.2) is 12.5 Å². The number of benzene rings is 3. The lowest BCUT2D eigenvalue weighted by atomic mass is 10.1. The predicted octanol–water partition coefficient (Wildman–Crippen LogP) is 7.13. The maximum Gasteiger partial charge on any atom is 0.266 e. The summed E-state index contributed by atoms with van der Waals surface area (Å²) in [6.07, 6.45) is 1.45. The number of nitrogens with one attached hydrogen (secondary N) is 1.